The van der Waals surface area contributed by atoms with Gasteiger partial charge in [-0.15, -0.1) is 5.10 Å². The van der Waals surface area contributed by atoms with Gasteiger partial charge in [0.25, 0.3) is 5.56 Å². The van der Waals surface area contributed by atoms with Gasteiger partial charge in [-0.05, 0) is 42.8 Å². The number of aromatic nitrogens is 4. The van der Waals surface area contributed by atoms with Crippen LogP contribution in [0.5, 0.6) is 5.75 Å². The number of rotatable bonds is 4. The number of methoxy groups -OCH3 is 1. The molecule has 0 bridgehead atoms. The molecule has 9 heteroatoms. The highest BCUT2D eigenvalue weighted by Crippen LogP contribution is 2.25. The number of fused-ring (bicyclic) bond motifs is 3. The summed E-state index contributed by atoms with van der Waals surface area (Å²) in [6.45, 7) is 1.71. The Balaban J connectivity index is 1.75. The number of halogens is 1. The molecule has 0 spiro atoms. The van der Waals surface area contributed by atoms with Gasteiger partial charge in [-0.2, -0.15) is 4.52 Å². The normalized spacial score (nSPS) is 11.1. The smallest absolute Gasteiger partial charge is 0.262 e. The molecule has 2 heterocycles. The number of ether oxygens (including phenoxy) is 1. The lowest BCUT2D eigenvalue weighted by Gasteiger charge is -2.13. The van der Waals surface area contributed by atoms with E-state index < -0.39 is 0 Å². The van der Waals surface area contributed by atoms with Crippen molar-refractivity contribution in [1.82, 2.24) is 19.4 Å². The van der Waals surface area contributed by atoms with E-state index in [4.69, 9.17) is 16.3 Å². The van der Waals surface area contributed by atoms with Crippen LogP contribution in [0.2, 0.25) is 5.02 Å². The molecule has 4 rings (SSSR count). The second kappa shape index (κ2) is 6.97. The summed E-state index contributed by atoms with van der Waals surface area (Å²) in [5.74, 6) is 0.165. The predicted molar refractivity (Wildman–Crippen MR) is 106 cm³/mol. The molecule has 0 radical (unpaired) electrons. The van der Waals surface area contributed by atoms with Crippen LogP contribution in [0.4, 0.5) is 5.69 Å². The zero-order valence-corrected chi connectivity index (χ0v) is 15.9. The minimum absolute atomic E-state index is 0.203. The lowest BCUT2D eigenvalue weighted by atomic mass is 10.2. The minimum atomic E-state index is -0.373. The molecule has 0 aliphatic rings. The van der Waals surface area contributed by atoms with Crippen molar-refractivity contribution in [3.05, 3.63) is 63.5 Å². The van der Waals surface area contributed by atoms with E-state index in [2.05, 4.69) is 15.6 Å². The second-order valence-corrected chi connectivity index (χ2v) is 6.75. The van der Waals surface area contributed by atoms with Gasteiger partial charge in [-0.1, -0.05) is 22.9 Å². The van der Waals surface area contributed by atoms with Crippen molar-refractivity contribution in [2.24, 2.45) is 0 Å². The number of anilines is 1. The topological polar surface area (TPSA) is 90.5 Å². The van der Waals surface area contributed by atoms with E-state index >= 15 is 0 Å². The molecule has 8 nitrogen and oxygen atoms in total. The number of carbonyl (C=O) groups excluding carboxylic acids is 1. The molecule has 0 aliphatic carbocycles. The predicted octanol–water partition coefficient (Wildman–Crippen LogP) is 2.65. The highest BCUT2D eigenvalue weighted by atomic mass is 35.5. The average molecular weight is 398 g/mol. The molecule has 0 aliphatic heterocycles. The maximum Gasteiger partial charge on any atom is 0.262 e. The van der Waals surface area contributed by atoms with Gasteiger partial charge >= 0.3 is 0 Å². The van der Waals surface area contributed by atoms with Crippen LogP contribution in [-0.2, 0) is 11.3 Å². The number of amides is 1. The van der Waals surface area contributed by atoms with Crippen LogP contribution in [0.1, 0.15) is 5.56 Å². The van der Waals surface area contributed by atoms with E-state index in [1.807, 2.05) is 13.0 Å². The number of carbonyl (C=O) groups is 1. The molecule has 1 N–H and O–H groups in total. The number of hydrogen-bond acceptors (Lipinski definition) is 5. The molecular formula is C19H16ClN5O3. The summed E-state index contributed by atoms with van der Waals surface area (Å²) in [6, 6.07) is 10.3. The molecule has 4 aromatic rings. The summed E-state index contributed by atoms with van der Waals surface area (Å²) >= 11 is 6.05. The highest BCUT2D eigenvalue weighted by Gasteiger charge is 2.16. The molecular weight excluding hydrogens is 382 g/mol. The first-order valence-corrected chi connectivity index (χ1v) is 8.82. The SMILES string of the molecule is COc1ccc(C)cc1NC(=O)Cn1c(=O)c2ccc(Cl)cc2n2nncc12. The van der Waals surface area contributed by atoms with Crippen molar-refractivity contribution in [1.29, 1.82) is 0 Å². The molecule has 0 fully saturated rings. The fourth-order valence-electron chi connectivity index (χ4n) is 3.10. The molecule has 0 unspecified atom stereocenters. The van der Waals surface area contributed by atoms with Gasteiger partial charge < -0.3 is 10.1 Å². The third-order valence-electron chi connectivity index (χ3n) is 4.40. The van der Waals surface area contributed by atoms with Crippen molar-refractivity contribution in [2.45, 2.75) is 13.5 Å². The van der Waals surface area contributed by atoms with Crippen LogP contribution in [0.15, 0.2) is 47.4 Å². The van der Waals surface area contributed by atoms with Gasteiger partial charge in [-0.3, -0.25) is 14.2 Å². The van der Waals surface area contributed by atoms with E-state index in [0.29, 0.717) is 33.0 Å². The third-order valence-corrected chi connectivity index (χ3v) is 4.64. The summed E-state index contributed by atoms with van der Waals surface area (Å²) in [6.07, 6.45) is 1.43. The zero-order chi connectivity index (χ0) is 19.8. The quantitative estimate of drug-likeness (QED) is 0.571. The number of nitrogens with one attached hydrogen (secondary N) is 1. The summed E-state index contributed by atoms with van der Waals surface area (Å²) in [4.78, 5) is 25.6. The third kappa shape index (κ3) is 3.07. The van der Waals surface area contributed by atoms with Crippen molar-refractivity contribution < 1.29 is 9.53 Å². The number of hydrogen-bond donors (Lipinski definition) is 1. The number of benzene rings is 2. The Hall–Kier alpha value is -3.39. The van der Waals surface area contributed by atoms with E-state index in [0.717, 1.165) is 5.56 Å². The Morgan fingerprint density at radius 2 is 2.07 bits per heavy atom. The van der Waals surface area contributed by atoms with Gasteiger partial charge in [0, 0.05) is 5.02 Å². The first kappa shape index (κ1) is 18.0. The van der Waals surface area contributed by atoms with Crippen LogP contribution in [-0.4, -0.2) is 32.4 Å². The Labute approximate surface area is 164 Å². The van der Waals surface area contributed by atoms with Crippen LogP contribution in [0.3, 0.4) is 0 Å². The second-order valence-electron chi connectivity index (χ2n) is 6.31. The Morgan fingerprint density at radius 3 is 2.86 bits per heavy atom. The summed E-state index contributed by atoms with van der Waals surface area (Å²) in [5, 5.41) is 11.6. The van der Waals surface area contributed by atoms with Crippen molar-refractivity contribution in [2.75, 3.05) is 12.4 Å². The van der Waals surface area contributed by atoms with Gasteiger partial charge in [0.2, 0.25) is 5.91 Å². The summed E-state index contributed by atoms with van der Waals surface area (Å²) < 4.78 is 8.10. The Morgan fingerprint density at radius 1 is 1.25 bits per heavy atom. The maximum atomic E-state index is 13.0. The van der Waals surface area contributed by atoms with Crippen LogP contribution in [0, 0.1) is 6.92 Å². The van der Waals surface area contributed by atoms with Crippen LogP contribution >= 0.6 is 11.6 Å². The Bertz CT molecular complexity index is 1280. The van der Waals surface area contributed by atoms with Crippen molar-refractivity contribution >= 4 is 39.7 Å². The molecule has 2 aromatic carbocycles. The van der Waals surface area contributed by atoms with Crippen LogP contribution < -0.4 is 15.6 Å². The number of nitrogens with zero attached hydrogens (tertiary/aromatic N) is 4. The molecule has 28 heavy (non-hydrogen) atoms. The van der Waals surface area contributed by atoms with Gasteiger partial charge in [0.05, 0.1) is 29.9 Å². The fraction of sp³-hybridized carbons (Fsp3) is 0.158. The van der Waals surface area contributed by atoms with Crippen molar-refractivity contribution in [3.8, 4) is 5.75 Å². The molecule has 142 valence electrons. The number of aryl methyl sites for hydroxylation is 1. The largest absolute Gasteiger partial charge is 0.495 e. The molecule has 0 saturated heterocycles. The average Bonchev–Trinajstić information content (AvgIpc) is 3.15. The highest BCUT2D eigenvalue weighted by molar-refractivity contribution is 6.31. The van der Waals surface area contributed by atoms with Crippen molar-refractivity contribution in [3.63, 3.8) is 0 Å². The lowest BCUT2D eigenvalue weighted by molar-refractivity contribution is -0.116. The lowest BCUT2D eigenvalue weighted by Crippen LogP contribution is -2.29. The molecule has 1 amide bonds. The minimum Gasteiger partial charge on any atom is -0.495 e. The zero-order valence-electron chi connectivity index (χ0n) is 15.1. The fourth-order valence-corrected chi connectivity index (χ4v) is 3.27. The maximum absolute atomic E-state index is 13.0. The van der Waals surface area contributed by atoms with Gasteiger partial charge in [0.1, 0.15) is 12.3 Å². The van der Waals surface area contributed by atoms with E-state index in [9.17, 15) is 9.59 Å². The van der Waals surface area contributed by atoms with Crippen LogP contribution in [0.25, 0.3) is 16.6 Å². The monoisotopic (exact) mass is 397 g/mol. The Kier molecular flexibility index (Phi) is 4.48. The van der Waals surface area contributed by atoms with E-state index in [1.54, 1.807) is 30.3 Å². The van der Waals surface area contributed by atoms with E-state index in [1.165, 1.54) is 22.4 Å². The van der Waals surface area contributed by atoms with E-state index in [-0.39, 0.29) is 18.0 Å². The van der Waals surface area contributed by atoms with Gasteiger partial charge in [-0.25, -0.2) is 0 Å². The standard InChI is InChI=1S/C19H16ClN5O3/c1-11-3-6-16(28-2)14(7-11)22-17(26)10-24-18-9-21-23-25(18)15-8-12(20)4-5-13(15)19(24)27/h3-9H,10H2,1-2H3,(H,22,26). The summed E-state index contributed by atoms with van der Waals surface area (Å²) in [5.41, 5.74) is 2.11. The first-order valence-electron chi connectivity index (χ1n) is 8.45. The molecule has 2 aromatic heterocycles. The molecule has 0 saturated carbocycles. The molecule has 0 atom stereocenters. The van der Waals surface area contributed by atoms with Gasteiger partial charge in [0.15, 0.2) is 5.65 Å². The first-order chi connectivity index (χ1) is 13.5. The summed E-state index contributed by atoms with van der Waals surface area (Å²) in [7, 11) is 1.53.